The molecule has 1 aliphatic rings. The number of halogens is 1. The molecular weight excluding hydrogens is 554 g/mol. The zero-order valence-corrected chi connectivity index (χ0v) is 23.4. The highest BCUT2D eigenvalue weighted by Crippen LogP contribution is 2.32. The van der Waals surface area contributed by atoms with Crippen LogP contribution in [0.15, 0.2) is 57.8 Å². The minimum Gasteiger partial charge on any atom is -0.307 e. The summed E-state index contributed by atoms with van der Waals surface area (Å²) in [6, 6.07) is 12.8. The number of benzene rings is 1. The standard InChI is InChI=1S/C27H24ClN7O2S2/c1-15-7-6-12-34-22(15)30-23-19(25(34)37)13-18(21(29)35(23)17-9-3-4-10-17)24(36)31-26-32-33-27(39-26)38-14-16-8-2-5-11-20(16)28/h2,5-8,11-13,17,29H,3-4,9-10,14H2,1H3,(H,31,32,36). The highest BCUT2D eigenvalue weighted by Gasteiger charge is 2.25. The number of amides is 1. The molecule has 1 fully saturated rings. The van der Waals surface area contributed by atoms with Crippen molar-refractivity contribution < 1.29 is 4.79 Å². The number of nitrogens with one attached hydrogen (secondary N) is 2. The van der Waals surface area contributed by atoms with Gasteiger partial charge in [-0.05, 0) is 49.1 Å². The van der Waals surface area contributed by atoms with Crippen LogP contribution in [0, 0.1) is 12.3 Å². The molecule has 198 valence electrons. The van der Waals surface area contributed by atoms with E-state index in [0.717, 1.165) is 36.8 Å². The SMILES string of the molecule is Cc1cccn2c(=O)c3cc(C(=O)Nc4nnc(SCc5ccccc5Cl)s4)c(=N)n(C4CCCC4)c3nc12. The van der Waals surface area contributed by atoms with Crippen LogP contribution in [0.3, 0.4) is 0 Å². The van der Waals surface area contributed by atoms with E-state index >= 15 is 0 Å². The Morgan fingerprint density at radius 3 is 2.77 bits per heavy atom. The summed E-state index contributed by atoms with van der Waals surface area (Å²) in [7, 11) is 0. The summed E-state index contributed by atoms with van der Waals surface area (Å²) in [5.41, 5.74) is 2.71. The Labute approximate surface area is 236 Å². The Bertz CT molecular complexity index is 1860. The smallest absolute Gasteiger partial charge is 0.267 e. The fraction of sp³-hybridized carbons (Fsp3) is 0.259. The van der Waals surface area contributed by atoms with E-state index in [-0.39, 0.29) is 22.7 Å². The van der Waals surface area contributed by atoms with Crippen molar-refractivity contribution >= 4 is 62.4 Å². The number of aryl methyl sites for hydroxylation is 1. The first kappa shape index (κ1) is 25.7. The summed E-state index contributed by atoms with van der Waals surface area (Å²) < 4.78 is 3.95. The van der Waals surface area contributed by atoms with E-state index in [1.807, 2.05) is 37.3 Å². The number of hydrogen-bond acceptors (Lipinski definition) is 8. The molecule has 4 heterocycles. The van der Waals surface area contributed by atoms with Crippen molar-refractivity contribution in [3.8, 4) is 0 Å². The fourth-order valence-corrected chi connectivity index (χ4v) is 7.02. The Morgan fingerprint density at radius 1 is 1.18 bits per heavy atom. The van der Waals surface area contributed by atoms with Crippen molar-refractivity contribution in [3.63, 3.8) is 0 Å². The number of thioether (sulfide) groups is 1. The lowest BCUT2D eigenvalue weighted by Gasteiger charge is -2.19. The van der Waals surface area contributed by atoms with Crippen LogP contribution in [0.2, 0.25) is 5.02 Å². The van der Waals surface area contributed by atoms with Gasteiger partial charge in [-0.3, -0.25) is 24.7 Å². The Morgan fingerprint density at radius 2 is 1.97 bits per heavy atom. The molecule has 12 heteroatoms. The summed E-state index contributed by atoms with van der Waals surface area (Å²) in [4.78, 5) is 31.8. The van der Waals surface area contributed by atoms with E-state index in [9.17, 15) is 9.59 Å². The maximum atomic E-state index is 13.6. The molecule has 6 rings (SSSR count). The van der Waals surface area contributed by atoms with Gasteiger partial charge in [-0.25, -0.2) is 4.98 Å². The molecule has 0 saturated heterocycles. The minimum absolute atomic E-state index is 0.000427. The van der Waals surface area contributed by atoms with Gasteiger partial charge in [0.25, 0.3) is 11.5 Å². The first-order valence-corrected chi connectivity index (χ1v) is 14.7. The number of aromatic nitrogens is 5. The molecule has 39 heavy (non-hydrogen) atoms. The third-order valence-corrected chi connectivity index (χ3v) is 9.34. The molecule has 1 aromatic carbocycles. The third kappa shape index (κ3) is 4.86. The number of nitrogens with zero attached hydrogens (tertiary/aromatic N) is 5. The highest BCUT2D eigenvalue weighted by molar-refractivity contribution is 8.00. The number of fused-ring (bicyclic) bond motifs is 2. The molecule has 9 nitrogen and oxygen atoms in total. The molecular formula is C27H24ClN7O2S2. The molecule has 5 aromatic rings. The number of hydrogen-bond donors (Lipinski definition) is 2. The van der Waals surface area contributed by atoms with Crippen LogP contribution in [0.1, 0.15) is 53.2 Å². The summed E-state index contributed by atoms with van der Waals surface area (Å²) in [6.45, 7) is 1.90. The van der Waals surface area contributed by atoms with Crippen LogP contribution in [-0.4, -0.2) is 30.1 Å². The van der Waals surface area contributed by atoms with Gasteiger partial charge in [0.1, 0.15) is 16.8 Å². The van der Waals surface area contributed by atoms with E-state index in [2.05, 4.69) is 15.5 Å². The van der Waals surface area contributed by atoms with Crippen molar-refractivity contribution in [1.82, 2.24) is 24.1 Å². The molecule has 4 aromatic heterocycles. The molecule has 1 aliphatic carbocycles. The van der Waals surface area contributed by atoms with E-state index in [0.29, 0.717) is 36.9 Å². The van der Waals surface area contributed by atoms with Crippen molar-refractivity contribution in [2.45, 2.75) is 48.7 Å². The first-order valence-electron chi connectivity index (χ1n) is 12.5. The van der Waals surface area contributed by atoms with Gasteiger partial charge in [0.15, 0.2) is 4.34 Å². The van der Waals surface area contributed by atoms with E-state index in [1.165, 1.54) is 33.6 Å². The second-order valence-electron chi connectivity index (χ2n) is 9.46. The van der Waals surface area contributed by atoms with Gasteiger partial charge in [-0.2, -0.15) is 0 Å². The molecule has 0 unspecified atom stereocenters. The lowest BCUT2D eigenvalue weighted by molar-refractivity contribution is 0.102. The first-order chi connectivity index (χ1) is 18.9. The minimum atomic E-state index is -0.513. The van der Waals surface area contributed by atoms with Gasteiger partial charge in [-0.1, -0.05) is 71.8 Å². The van der Waals surface area contributed by atoms with Crippen LogP contribution in [-0.2, 0) is 5.75 Å². The van der Waals surface area contributed by atoms with Crippen LogP contribution in [0.25, 0.3) is 16.7 Å². The predicted octanol–water partition coefficient (Wildman–Crippen LogP) is 5.60. The summed E-state index contributed by atoms with van der Waals surface area (Å²) >= 11 is 8.97. The average molecular weight is 578 g/mol. The van der Waals surface area contributed by atoms with Crippen LogP contribution >= 0.6 is 34.7 Å². The van der Waals surface area contributed by atoms with E-state index in [4.69, 9.17) is 22.0 Å². The van der Waals surface area contributed by atoms with Gasteiger partial charge in [0.05, 0.1) is 10.9 Å². The van der Waals surface area contributed by atoms with Crippen molar-refractivity contribution in [1.29, 1.82) is 5.41 Å². The van der Waals surface area contributed by atoms with Crippen LogP contribution < -0.4 is 16.4 Å². The lowest BCUT2D eigenvalue weighted by Crippen LogP contribution is -2.33. The molecule has 0 aliphatic heterocycles. The molecule has 0 bridgehead atoms. The largest absolute Gasteiger partial charge is 0.307 e. The van der Waals surface area contributed by atoms with E-state index in [1.54, 1.807) is 16.8 Å². The van der Waals surface area contributed by atoms with Gasteiger partial charge >= 0.3 is 0 Å². The van der Waals surface area contributed by atoms with Gasteiger partial charge in [0.2, 0.25) is 5.13 Å². The summed E-state index contributed by atoms with van der Waals surface area (Å²) in [5, 5.41) is 21.4. The Kier molecular flexibility index (Phi) is 6.96. The van der Waals surface area contributed by atoms with Gasteiger partial charge < -0.3 is 4.57 Å². The average Bonchev–Trinajstić information content (AvgIpc) is 3.61. The van der Waals surface area contributed by atoms with E-state index < -0.39 is 5.91 Å². The molecule has 2 N–H and O–H groups in total. The third-order valence-electron chi connectivity index (χ3n) is 6.95. The number of rotatable bonds is 6. The second-order valence-corrected chi connectivity index (χ2v) is 12.1. The Balaban J connectivity index is 1.36. The monoisotopic (exact) mass is 577 g/mol. The topological polar surface area (TPSA) is 118 Å². The maximum absolute atomic E-state index is 13.6. The number of carbonyl (C=O) groups excluding carboxylic acids is 1. The number of pyridine rings is 2. The molecule has 0 atom stereocenters. The number of carbonyl (C=O) groups is 1. The van der Waals surface area contributed by atoms with Crippen molar-refractivity contribution in [2.24, 2.45) is 0 Å². The lowest BCUT2D eigenvalue weighted by atomic mass is 10.1. The summed E-state index contributed by atoms with van der Waals surface area (Å²) in [6.07, 6.45) is 5.47. The quantitative estimate of drug-likeness (QED) is 0.154. The zero-order valence-electron chi connectivity index (χ0n) is 21.0. The Hall–Kier alpha value is -3.54. The normalized spacial score (nSPS) is 13.9. The second kappa shape index (κ2) is 10.6. The van der Waals surface area contributed by atoms with Crippen LogP contribution in [0.5, 0.6) is 0 Å². The zero-order chi connectivity index (χ0) is 27.1. The van der Waals surface area contributed by atoms with Crippen LogP contribution in [0.4, 0.5) is 5.13 Å². The fourth-order valence-electron chi connectivity index (χ4n) is 4.99. The van der Waals surface area contributed by atoms with Crippen molar-refractivity contribution in [2.75, 3.05) is 5.32 Å². The van der Waals surface area contributed by atoms with Gasteiger partial charge in [0, 0.05) is 23.0 Å². The maximum Gasteiger partial charge on any atom is 0.267 e. The summed E-state index contributed by atoms with van der Waals surface area (Å²) in [5.74, 6) is 0.108. The highest BCUT2D eigenvalue weighted by atomic mass is 35.5. The van der Waals surface area contributed by atoms with Gasteiger partial charge in [-0.15, -0.1) is 10.2 Å². The molecule has 1 amide bonds. The molecule has 0 radical (unpaired) electrons. The number of anilines is 1. The molecule has 1 saturated carbocycles. The molecule has 0 spiro atoms. The predicted molar refractivity (Wildman–Crippen MR) is 154 cm³/mol. The van der Waals surface area contributed by atoms with Crippen molar-refractivity contribution in [3.05, 3.63) is 86.2 Å².